The number of ether oxygens (including phenoxy) is 1. The van der Waals surface area contributed by atoms with Crippen molar-refractivity contribution in [3.63, 3.8) is 0 Å². The van der Waals surface area contributed by atoms with Crippen LogP contribution in [0.15, 0.2) is 59.5 Å². The first-order valence-corrected chi connectivity index (χ1v) is 13.5. The van der Waals surface area contributed by atoms with Crippen molar-refractivity contribution in [2.24, 2.45) is 0 Å². The van der Waals surface area contributed by atoms with Crippen LogP contribution in [0, 0.1) is 0 Å². The number of rotatable bonds is 6. The Hall–Kier alpha value is -3.56. The Kier molecular flexibility index (Phi) is 7.86. The molecule has 10 heteroatoms. The third-order valence-corrected chi connectivity index (χ3v) is 7.65. The van der Waals surface area contributed by atoms with E-state index in [4.69, 9.17) is 21.4 Å². The SMILES string of the molecule is CC(C)(C)c1cc(NS(=O)(=O)c2cc(C(=O)c3ccccc3OC(=O)O)ccc2Cl)cc(C(C)(C)C)c1O. The van der Waals surface area contributed by atoms with Crippen LogP contribution >= 0.6 is 11.6 Å². The summed E-state index contributed by atoms with van der Waals surface area (Å²) in [5.41, 5.74) is 0.289. The molecule has 3 aromatic rings. The number of hydrogen-bond acceptors (Lipinski definition) is 6. The molecule has 3 rings (SSSR count). The molecule has 0 fully saturated rings. The van der Waals surface area contributed by atoms with Crippen LogP contribution in [0.1, 0.15) is 68.6 Å². The minimum atomic E-state index is -4.29. The molecule has 38 heavy (non-hydrogen) atoms. The first-order valence-electron chi connectivity index (χ1n) is 11.7. The molecule has 3 N–H and O–H groups in total. The van der Waals surface area contributed by atoms with E-state index in [0.29, 0.717) is 11.1 Å². The molecule has 0 aliphatic heterocycles. The van der Waals surface area contributed by atoms with Crippen molar-refractivity contribution >= 4 is 39.3 Å². The zero-order valence-corrected chi connectivity index (χ0v) is 23.5. The number of aromatic hydroxyl groups is 1. The second-order valence-corrected chi connectivity index (χ2v) is 12.9. The first-order chi connectivity index (χ1) is 17.4. The van der Waals surface area contributed by atoms with Crippen molar-refractivity contribution in [2.45, 2.75) is 57.3 Å². The van der Waals surface area contributed by atoms with Gasteiger partial charge >= 0.3 is 6.16 Å². The summed E-state index contributed by atoms with van der Waals surface area (Å²) in [5.74, 6) is -0.735. The van der Waals surface area contributed by atoms with E-state index in [1.165, 1.54) is 36.4 Å². The largest absolute Gasteiger partial charge is 0.511 e. The highest BCUT2D eigenvalue weighted by molar-refractivity contribution is 7.92. The van der Waals surface area contributed by atoms with Crippen molar-refractivity contribution in [3.05, 3.63) is 81.9 Å². The predicted molar refractivity (Wildman–Crippen MR) is 146 cm³/mol. The molecule has 0 bridgehead atoms. The Bertz CT molecular complexity index is 1480. The maximum Gasteiger partial charge on any atom is 0.511 e. The zero-order chi connectivity index (χ0) is 28.6. The number of phenolic OH excluding ortho intramolecular Hbond substituents is 1. The fourth-order valence-electron chi connectivity index (χ4n) is 3.89. The molecule has 0 aliphatic carbocycles. The number of carbonyl (C=O) groups is 2. The number of carbonyl (C=O) groups excluding carboxylic acids is 1. The number of para-hydroxylation sites is 1. The van der Waals surface area contributed by atoms with Crippen molar-refractivity contribution in [2.75, 3.05) is 4.72 Å². The predicted octanol–water partition coefficient (Wildman–Crippen LogP) is 6.73. The van der Waals surface area contributed by atoms with Crippen LogP contribution in [0.5, 0.6) is 11.5 Å². The molecular weight excluding hydrogens is 530 g/mol. The molecule has 0 saturated heterocycles. The van der Waals surface area contributed by atoms with E-state index in [0.717, 1.165) is 6.07 Å². The molecular formula is C28H30ClNO7S. The summed E-state index contributed by atoms with van der Waals surface area (Å²) < 4.78 is 34.2. The first kappa shape index (κ1) is 29.0. The van der Waals surface area contributed by atoms with Crippen LogP contribution in [-0.4, -0.2) is 30.6 Å². The van der Waals surface area contributed by atoms with E-state index in [1.807, 2.05) is 41.5 Å². The maximum absolute atomic E-state index is 13.5. The third kappa shape index (κ3) is 6.28. The third-order valence-electron chi connectivity index (χ3n) is 5.79. The van der Waals surface area contributed by atoms with Crippen LogP contribution in [0.2, 0.25) is 5.02 Å². The van der Waals surface area contributed by atoms with Gasteiger partial charge in [0.1, 0.15) is 16.4 Å². The van der Waals surface area contributed by atoms with Gasteiger partial charge in [0, 0.05) is 22.4 Å². The molecule has 3 aromatic carbocycles. The Morgan fingerprint density at radius 3 is 1.97 bits per heavy atom. The van der Waals surface area contributed by atoms with Gasteiger partial charge in [-0.25, -0.2) is 13.2 Å². The average Bonchev–Trinajstić information content (AvgIpc) is 2.78. The highest BCUT2D eigenvalue weighted by Crippen LogP contribution is 2.41. The number of anilines is 1. The number of ketones is 1. The molecule has 0 heterocycles. The smallest absolute Gasteiger partial charge is 0.507 e. The standard InChI is InChI=1S/C28H30ClNO7S/c1-27(2,3)19-14-17(15-20(25(19)32)28(4,5)6)30-38(35,36)23-13-16(11-12-21(23)29)24(31)18-9-7-8-10-22(18)37-26(33)34/h7-15,30,32H,1-6H3,(H,33,34). The summed E-state index contributed by atoms with van der Waals surface area (Å²) in [4.78, 5) is 23.9. The van der Waals surface area contributed by atoms with Gasteiger partial charge in [-0.3, -0.25) is 9.52 Å². The van der Waals surface area contributed by atoms with Crippen molar-refractivity contribution in [3.8, 4) is 11.5 Å². The van der Waals surface area contributed by atoms with Gasteiger partial charge in [-0.1, -0.05) is 65.3 Å². The number of nitrogens with one attached hydrogen (secondary N) is 1. The fourth-order valence-corrected chi connectivity index (χ4v) is 5.46. The van der Waals surface area contributed by atoms with E-state index >= 15 is 0 Å². The number of halogens is 1. The van der Waals surface area contributed by atoms with Gasteiger partial charge in [-0.05, 0) is 53.3 Å². The lowest BCUT2D eigenvalue weighted by molar-refractivity contribution is 0.103. The zero-order valence-electron chi connectivity index (χ0n) is 21.9. The van der Waals surface area contributed by atoms with E-state index in [2.05, 4.69) is 4.72 Å². The van der Waals surface area contributed by atoms with Crippen LogP contribution in [0.25, 0.3) is 0 Å². The second-order valence-electron chi connectivity index (χ2n) is 10.9. The van der Waals surface area contributed by atoms with E-state index < -0.39 is 32.8 Å². The Morgan fingerprint density at radius 2 is 1.45 bits per heavy atom. The van der Waals surface area contributed by atoms with Crippen molar-refractivity contribution in [1.29, 1.82) is 0 Å². The number of hydrogen-bond donors (Lipinski definition) is 3. The van der Waals surface area contributed by atoms with Gasteiger partial charge in [-0.15, -0.1) is 0 Å². The topological polar surface area (TPSA) is 130 Å². The summed E-state index contributed by atoms with van der Waals surface area (Å²) in [5, 5.41) is 19.8. The molecule has 0 aliphatic rings. The Morgan fingerprint density at radius 1 is 0.895 bits per heavy atom. The molecule has 0 aromatic heterocycles. The van der Waals surface area contributed by atoms with Crippen LogP contribution < -0.4 is 9.46 Å². The van der Waals surface area contributed by atoms with E-state index in [9.17, 15) is 23.1 Å². The van der Waals surface area contributed by atoms with Crippen molar-refractivity contribution < 1.29 is 33.0 Å². The van der Waals surface area contributed by atoms with E-state index in [1.54, 1.807) is 12.1 Å². The molecule has 202 valence electrons. The molecule has 0 amide bonds. The second kappa shape index (κ2) is 10.3. The lowest BCUT2D eigenvalue weighted by atomic mass is 9.79. The summed E-state index contributed by atoms with van der Waals surface area (Å²) in [7, 11) is -4.29. The number of carboxylic acid groups (broad SMARTS) is 1. The molecule has 0 atom stereocenters. The van der Waals surface area contributed by atoms with Crippen LogP contribution in [0.4, 0.5) is 10.5 Å². The normalized spacial score (nSPS) is 12.2. The minimum Gasteiger partial charge on any atom is -0.507 e. The lowest BCUT2D eigenvalue weighted by Crippen LogP contribution is -2.20. The average molecular weight is 560 g/mol. The van der Waals surface area contributed by atoms with Crippen LogP contribution in [-0.2, 0) is 20.9 Å². The maximum atomic E-state index is 13.5. The quantitative estimate of drug-likeness (QED) is 0.132. The molecule has 0 saturated carbocycles. The van der Waals surface area contributed by atoms with Gasteiger partial charge in [0.15, 0.2) is 5.78 Å². The monoisotopic (exact) mass is 559 g/mol. The number of benzene rings is 3. The molecule has 0 unspecified atom stereocenters. The summed E-state index contributed by atoms with van der Waals surface area (Å²) in [6, 6.07) is 12.6. The van der Waals surface area contributed by atoms with Gasteiger partial charge in [0.25, 0.3) is 10.0 Å². The van der Waals surface area contributed by atoms with E-state index in [-0.39, 0.29) is 38.2 Å². The van der Waals surface area contributed by atoms with Gasteiger partial charge < -0.3 is 14.9 Å². The van der Waals surface area contributed by atoms with Gasteiger partial charge in [0.05, 0.1) is 10.6 Å². The molecule has 8 nitrogen and oxygen atoms in total. The Labute approximate surface area is 227 Å². The lowest BCUT2D eigenvalue weighted by Gasteiger charge is -2.28. The molecule has 0 radical (unpaired) electrons. The number of phenols is 1. The van der Waals surface area contributed by atoms with Crippen molar-refractivity contribution in [1.82, 2.24) is 0 Å². The molecule has 0 spiro atoms. The summed E-state index contributed by atoms with van der Waals surface area (Å²) in [6.07, 6.45) is -1.59. The summed E-state index contributed by atoms with van der Waals surface area (Å²) >= 11 is 6.26. The fraction of sp³-hybridized carbons (Fsp3) is 0.286. The highest BCUT2D eigenvalue weighted by Gasteiger charge is 2.29. The Balaban J connectivity index is 2.08. The number of sulfonamides is 1. The van der Waals surface area contributed by atoms with Crippen LogP contribution in [0.3, 0.4) is 0 Å². The highest BCUT2D eigenvalue weighted by atomic mass is 35.5. The van der Waals surface area contributed by atoms with Gasteiger partial charge in [-0.2, -0.15) is 0 Å². The minimum absolute atomic E-state index is 0.0346. The van der Waals surface area contributed by atoms with Gasteiger partial charge in [0.2, 0.25) is 0 Å². The summed E-state index contributed by atoms with van der Waals surface area (Å²) in [6.45, 7) is 11.4.